The second kappa shape index (κ2) is 7.73. The quantitative estimate of drug-likeness (QED) is 0.708. The maximum atomic E-state index is 9.95. The van der Waals surface area contributed by atoms with Crippen molar-refractivity contribution in [1.29, 1.82) is 5.26 Å². The molecule has 0 aliphatic heterocycles. The zero-order valence-electron chi connectivity index (χ0n) is 11.5. The second-order valence-corrected chi connectivity index (χ2v) is 5.50. The molecular weight excluding hydrogens is 230 g/mol. The molecule has 0 aromatic carbocycles. The van der Waals surface area contributed by atoms with Crippen molar-refractivity contribution in [2.75, 3.05) is 26.9 Å². The number of nitriles is 1. The Bertz CT molecular complexity index is 267. The van der Waals surface area contributed by atoms with Gasteiger partial charge in [0.2, 0.25) is 0 Å². The summed E-state index contributed by atoms with van der Waals surface area (Å²) in [4.78, 5) is 0. The first kappa shape index (κ1) is 15.4. The van der Waals surface area contributed by atoms with Crippen LogP contribution in [-0.2, 0) is 9.47 Å². The third kappa shape index (κ3) is 4.93. The van der Waals surface area contributed by atoms with Crippen molar-refractivity contribution in [3.63, 3.8) is 0 Å². The molecule has 0 aromatic rings. The molecule has 0 heterocycles. The van der Waals surface area contributed by atoms with E-state index < -0.39 is 6.10 Å². The lowest BCUT2D eigenvalue weighted by Crippen LogP contribution is -2.32. The molecular formula is C14H25NO3. The van der Waals surface area contributed by atoms with E-state index in [0.717, 1.165) is 25.7 Å². The van der Waals surface area contributed by atoms with Gasteiger partial charge < -0.3 is 14.6 Å². The molecule has 1 aliphatic carbocycles. The number of ether oxygens (including phenoxy) is 2. The van der Waals surface area contributed by atoms with Gasteiger partial charge >= 0.3 is 0 Å². The molecule has 1 N–H and O–H groups in total. The number of aliphatic hydroxyl groups excluding tert-OH is 1. The molecule has 1 aliphatic rings. The lowest BCUT2D eigenvalue weighted by Gasteiger charge is -2.35. The van der Waals surface area contributed by atoms with Crippen molar-refractivity contribution in [2.24, 2.45) is 11.3 Å². The van der Waals surface area contributed by atoms with Gasteiger partial charge in [-0.3, -0.25) is 0 Å². The monoisotopic (exact) mass is 255 g/mol. The van der Waals surface area contributed by atoms with Crippen LogP contribution in [0.2, 0.25) is 0 Å². The normalized spacial score (nSPS) is 29.8. The van der Waals surface area contributed by atoms with Crippen LogP contribution >= 0.6 is 0 Å². The highest BCUT2D eigenvalue weighted by Gasteiger charge is 2.36. The zero-order chi connectivity index (χ0) is 13.4. The Balaban J connectivity index is 2.32. The summed E-state index contributed by atoms with van der Waals surface area (Å²) in [7, 11) is 1.62. The summed E-state index contributed by atoms with van der Waals surface area (Å²) in [5.74, 6) is 0.710. The fourth-order valence-electron chi connectivity index (χ4n) is 2.55. The first-order chi connectivity index (χ1) is 8.62. The molecule has 1 atom stereocenters. The Kier molecular flexibility index (Phi) is 6.62. The predicted molar refractivity (Wildman–Crippen MR) is 69.0 cm³/mol. The summed E-state index contributed by atoms with van der Waals surface area (Å²) >= 11 is 0. The molecule has 4 heteroatoms. The van der Waals surface area contributed by atoms with E-state index in [1.54, 1.807) is 7.11 Å². The molecule has 1 unspecified atom stereocenters. The Morgan fingerprint density at radius 3 is 2.61 bits per heavy atom. The highest BCUT2D eigenvalue weighted by Crippen LogP contribution is 2.41. The third-order valence-electron chi connectivity index (χ3n) is 3.84. The molecule has 0 saturated heterocycles. The number of nitrogens with zero attached hydrogens (tertiary/aromatic N) is 1. The van der Waals surface area contributed by atoms with Crippen molar-refractivity contribution >= 4 is 0 Å². The zero-order valence-corrected chi connectivity index (χ0v) is 11.5. The number of hydrogen-bond acceptors (Lipinski definition) is 4. The molecule has 1 rings (SSSR count). The number of methoxy groups -OCH3 is 1. The Hall–Kier alpha value is -0.630. The Morgan fingerprint density at radius 2 is 2.06 bits per heavy atom. The summed E-state index contributed by atoms with van der Waals surface area (Å²) in [6.45, 7) is 3.55. The van der Waals surface area contributed by atoms with Crippen molar-refractivity contribution in [3.8, 4) is 6.07 Å². The van der Waals surface area contributed by atoms with E-state index in [1.807, 2.05) is 0 Å². The molecule has 0 spiro atoms. The van der Waals surface area contributed by atoms with Gasteiger partial charge in [0.25, 0.3) is 0 Å². The molecule has 0 amide bonds. The average molecular weight is 255 g/mol. The Labute approximate surface area is 110 Å². The molecule has 1 saturated carbocycles. The second-order valence-electron chi connectivity index (χ2n) is 5.50. The van der Waals surface area contributed by atoms with Crippen LogP contribution in [0, 0.1) is 22.7 Å². The summed E-state index contributed by atoms with van der Waals surface area (Å²) in [6, 6.07) is 2.43. The molecule has 0 radical (unpaired) electrons. The van der Waals surface area contributed by atoms with Crippen LogP contribution in [-0.4, -0.2) is 38.1 Å². The predicted octanol–water partition coefficient (Wildman–Crippen LogP) is 2.12. The van der Waals surface area contributed by atoms with Crippen molar-refractivity contribution in [1.82, 2.24) is 0 Å². The van der Waals surface area contributed by atoms with Gasteiger partial charge in [0.05, 0.1) is 37.4 Å². The van der Waals surface area contributed by atoms with Crippen LogP contribution in [0.25, 0.3) is 0 Å². The van der Waals surface area contributed by atoms with Gasteiger partial charge in [-0.05, 0) is 38.0 Å². The molecule has 4 nitrogen and oxygen atoms in total. The van der Waals surface area contributed by atoms with Crippen LogP contribution < -0.4 is 0 Å². The van der Waals surface area contributed by atoms with Crippen LogP contribution in [0.15, 0.2) is 0 Å². The number of rotatable bonds is 7. The van der Waals surface area contributed by atoms with Gasteiger partial charge in [-0.25, -0.2) is 0 Å². The van der Waals surface area contributed by atoms with Crippen LogP contribution in [0.4, 0.5) is 0 Å². The van der Waals surface area contributed by atoms with Gasteiger partial charge in [-0.2, -0.15) is 5.26 Å². The molecule has 18 heavy (non-hydrogen) atoms. The van der Waals surface area contributed by atoms with E-state index in [4.69, 9.17) is 9.47 Å². The van der Waals surface area contributed by atoms with Gasteiger partial charge in [0.15, 0.2) is 0 Å². The minimum atomic E-state index is -0.546. The highest BCUT2D eigenvalue weighted by molar-refractivity contribution is 5.02. The molecule has 0 aromatic heterocycles. The maximum Gasteiger partial charge on any atom is 0.0788 e. The van der Waals surface area contributed by atoms with Crippen molar-refractivity contribution in [2.45, 2.75) is 45.1 Å². The lowest BCUT2D eigenvalue weighted by atomic mass is 9.69. The third-order valence-corrected chi connectivity index (χ3v) is 3.84. The Morgan fingerprint density at radius 1 is 1.39 bits per heavy atom. The fraction of sp³-hybridized carbons (Fsp3) is 0.929. The highest BCUT2D eigenvalue weighted by atomic mass is 16.5. The largest absolute Gasteiger partial charge is 0.391 e. The first-order valence-corrected chi connectivity index (χ1v) is 6.78. The summed E-state index contributed by atoms with van der Waals surface area (Å²) in [5.41, 5.74) is -0.337. The summed E-state index contributed by atoms with van der Waals surface area (Å²) in [5, 5.41) is 19.3. The van der Waals surface area contributed by atoms with E-state index in [9.17, 15) is 10.4 Å². The summed E-state index contributed by atoms with van der Waals surface area (Å²) in [6.07, 6.45) is 3.97. The van der Waals surface area contributed by atoms with E-state index in [0.29, 0.717) is 32.2 Å². The first-order valence-electron chi connectivity index (χ1n) is 6.78. The molecule has 104 valence electrons. The fourth-order valence-corrected chi connectivity index (χ4v) is 2.55. The number of hydrogen-bond donors (Lipinski definition) is 1. The minimum Gasteiger partial charge on any atom is -0.391 e. The van der Waals surface area contributed by atoms with Gasteiger partial charge in [0.1, 0.15) is 0 Å². The standard InChI is InChI=1S/C14H25NO3/c1-12-3-5-14(11-15,6-4-12)9-13(16)10-18-8-7-17-2/h12-13,16H,3-10H2,1-2H3. The van der Waals surface area contributed by atoms with Gasteiger partial charge in [0, 0.05) is 7.11 Å². The smallest absolute Gasteiger partial charge is 0.0788 e. The van der Waals surface area contributed by atoms with Crippen LogP contribution in [0.3, 0.4) is 0 Å². The average Bonchev–Trinajstić information content (AvgIpc) is 2.38. The van der Waals surface area contributed by atoms with Crippen LogP contribution in [0.1, 0.15) is 39.0 Å². The summed E-state index contributed by atoms with van der Waals surface area (Å²) < 4.78 is 10.2. The van der Waals surface area contributed by atoms with Crippen LogP contribution in [0.5, 0.6) is 0 Å². The van der Waals surface area contributed by atoms with E-state index in [-0.39, 0.29) is 5.41 Å². The minimum absolute atomic E-state index is 0.294. The number of aliphatic hydroxyl groups is 1. The molecule has 0 bridgehead atoms. The maximum absolute atomic E-state index is 9.95. The van der Waals surface area contributed by atoms with Gasteiger partial charge in [-0.1, -0.05) is 6.92 Å². The van der Waals surface area contributed by atoms with Crippen molar-refractivity contribution in [3.05, 3.63) is 0 Å². The van der Waals surface area contributed by atoms with Gasteiger partial charge in [-0.15, -0.1) is 0 Å². The van der Waals surface area contributed by atoms with E-state index >= 15 is 0 Å². The SMILES string of the molecule is COCCOCC(O)CC1(C#N)CCC(C)CC1. The van der Waals surface area contributed by atoms with Crippen molar-refractivity contribution < 1.29 is 14.6 Å². The van der Waals surface area contributed by atoms with E-state index in [2.05, 4.69) is 13.0 Å². The van der Waals surface area contributed by atoms with E-state index in [1.165, 1.54) is 0 Å². The topological polar surface area (TPSA) is 62.5 Å². The molecule has 1 fully saturated rings. The lowest BCUT2D eigenvalue weighted by molar-refractivity contribution is -0.00650.